The largest absolute Gasteiger partial charge is 0.339 e. The molecule has 0 radical (unpaired) electrons. The van der Waals surface area contributed by atoms with Crippen molar-refractivity contribution in [3.63, 3.8) is 0 Å². The Bertz CT molecular complexity index is 449. The van der Waals surface area contributed by atoms with Crippen LogP contribution in [-0.2, 0) is 0 Å². The molecular formula is C17H29N3O. The molecule has 2 unspecified atom stereocenters. The van der Waals surface area contributed by atoms with Crippen molar-refractivity contribution in [3.05, 3.63) is 11.7 Å². The molecule has 2 fully saturated rings. The molecule has 1 aliphatic carbocycles. The molecule has 3 rings (SSSR count). The van der Waals surface area contributed by atoms with Gasteiger partial charge in [0, 0.05) is 17.9 Å². The molecule has 0 amide bonds. The molecule has 1 saturated carbocycles. The molecule has 2 aliphatic rings. The third-order valence-electron chi connectivity index (χ3n) is 5.51. The van der Waals surface area contributed by atoms with E-state index in [1.54, 1.807) is 0 Å². The number of piperidine rings is 1. The molecule has 4 nitrogen and oxygen atoms in total. The number of rotatable bonds is 3. The maximum atomic E-state index is 5.59. The zero-order chi connectivity index (χ0) is 14.8. The first-order valence-corrected chi connectivity index (χ1v) is 8.70. The second-order valence-electron chi connectivity index (χ2n) is 7.42. The van der Waals surface area contributed by atoms with Crippen LogP contribution in [-0.4, -0.2) is 22.7 Å². The van der Waals surface area contributed by atoms with Gasteiger partial charge in [0.1, 0.15) is 0 Å². The van der Waals surface area contributed by atoms with E-state index in [1.807, 2.05) is 0 Å². The lowest BCUT2D eigenvalue weighted by atomic mass is 9.77. The van der Waals surface area contributed by atoms with E-state index in [4.69, 9.17) is 9.51 Å². The summed E-state index contributed by atoms with van der Waals surface area (Å²) in [5.74, 6) is 4.52. The first-order chi connectivity index (χ1) is 10.1. The Hall–Kier alpha value is -0.900. The van der Waals surface area contributed by atoms with E-state index in [0.717, 1.165) is 42.9 Å². The quantitative estimate of drug-likeness (QED) is 0.919. The highest BCUT2D eigenvalue weighted by Crippen LogP contribution is 2.38. The highest BCUT2D eigenvalue weighted by atomic mass is 16.5. The number of hydrogen-bond acceptors (Lipinski definition) is 4. The topological polar surface area (TPSA) is 51.0 Å². The van der Waals surface area contributed by atoms with Gasteiger partial charge in [-0.15, -0.1) is 0 Å². The van der Waals surface area contributed by atoms with Crippen LogP contribution < -0.4 is 5.32 Å². The van der Waals surface area contributed by atoms with E-state index in [9.17, 15) is 0 Å². The molecule has 2 atom stereocenters. The maximum absolute atomic E-state index is 5.59. The molecule has 21 heavy (non-hydrogen) atoms. The molecule has 1 saturated heterocycles. The summed E-state index contributed by atoms with van der Waals surface area (Å²) in [6.07, 6.45) is 7.32. The van der Waals surface area contributed by atoms with Gasteiger partial charge in [0.25, 0.3) is 0 Å². The van der Waals surface area contributed by atoms with Crippen LogP contribution in [0.5, 0.6) is 0 Å². The molecule has 0 spiro atoms. The van der Waals surface area contributed by atoms with Crippen LogP contribution in [0.15, 0.2) is 4.52 Å². The lowest BCUT2D eigenvalue weighted by molar-refractivity contribution is 0.250. The van der Waals surface area contributed by atoms with E-state index >= 15 is 0 Å². The summed E-state index contributed by atoms with van der Waals surface area (Å²) in [6, 6.07) is 0.556. The number of nitrogens with one attached hydrogen (secondary N) is 1. The van der Waals surface area contributed by atoms with Gasteiger partial charge in [0.05, 0.1) is 0 Å². The Balaban J connectivity index is 1.60. The Morgan fingerprint density at radius 1 is 1.10 bits per heavy atom. The van der Waals surface area contributed by atoms with Crippen molar-refractivity contribution in [1.82, 2.24) is 15.5 Å². The van der Waals surface area contributed by atoms with Gasteiger partial charge in [-0.05, 0) is 63.8 Å². The smallest absolute Gasteiger partial charge is 0.229 e. The first kappa shape index (κ1) is 15.0. The van der Waals surface area contributed by atoms with Crippen LogP contribution in [0, 0.1) is 11.8 Å². The normalized spacial score (nSPS) is 34.3. The summed E-state index contributed by atoms with van der Waals surface area (Å²) in [5.41, 5.74) is 0. The zero-order valence-electron chi connectivity index (χ0n) is 13.6. The third-order valence-corrected chi connectivity index (χ3v) is 5.51. The van der Waals surface area contributed by atoms with Gasteiger partial charge in [0.15, 0.2) is 5.82 Å². The molecule has 1 aromatic rings. The second-order valence-corrected chi connectivity index (χ2v) is 7.42. The van der Waals surface area contributed by atoms with Gasteiger partial charge in [-0.1, -0.05) is 19.0 Å². The average Bonchev–Trinajstić information content (AvgIpc) is 2.97. The molecule has 4 heteroatoms. The SMILES string of the molecule is CC1CC(c2nc(C3CCC(C(C)C)CC3)no2)CCN1. The fraction of sp³-hybridized carbons (Fsp3) is 0.882. The molecule has 2 heterocycles. The minimum Gasteiger partial charge on any atom is -0.339 e. The molecular weight excluding hydrogens is 262 g/mol. The highest BCUT2D eigenvalue weighted by molar-refractivity contribution is 5.02. The Kier molecular flexibility index (Phi) is 4.63. The predicted molar refractivity (Wildman–Crippen MR) is 83.3 cm³/mol. The van der Waals surface area contributed by atoms with Gasteiger partial charge in [-0.2, -0.15) is 4.98 Å². The van der Waals surface area contributed by atoms with Crippen LogP contribution in [0.2, 0.25) is 0 Å². The Morgan fingerprint density at radius 2 is 1.86 bits per heavy atom. The fourth-order valence-electron chi connectivity index (χ4n) is 3.98. The van der Waals surface area contributed by atoms with E-state index in [1.165, 1.54) is 25.7 Å². The van der Waals surface area contributed by atoms with Crippen molar-refractivity contribution >= 4 is 0 Å². The zero-order valence-corrected chi connectivity index (χ0v) is 13.6. The second kappa shape index (κ2) is 6.47. The minimum absolute atomic E-state index is 0.453. The molecule has 1 aromatic heterocycles. The standard InChI is InChI=1S/C17H29N3O/c1-11(2)13-4-6-14(7-5-13)16-19-17(21-20-16)15-8-9-18-12(3)10-15/h11-15,18H,4-10H2,1-3H3. The summed E-state index contributed by atoms with van der Waals surface area (Å²) < 4.78 is 5.59. The number of nitrogens with zero attached hydrogens (tertiary/aromatic N) is 2. The molecule has 0 bridgehead atoms. The monoisotopic (exact) mass is 291 g/mol. The highest BCUT2D eigenvalue weighted by Gasteiger charge is 2.29. The van der Waals surface area contributed by atoms with Crippen LogP contribution in [0.3, 0.4) is 0 Å². The van der Waals surface area contributed by atoms with Crippen molar-refractivity contribution in [1.29, 1.82) is 0 Å². The maximum Gasteiger partial charge on any atom is 0.229 e. The van der Waals surface area contributed by atoms with Crippen LogP contribution in [0.25, 0.3) is 0 Å². The third kappa shape index (κ3) is 3.47. The van der Waals surface area contributed by atoms with Crippen molar-refractivity contribution in [2.24, 2.45) is 11.8 Å². The van der Waals surface area contributed by atoms with Gasteiger partial charge in [0.2, 0.25) is 5.89 Å². The number of aromatic nitrogens is 2. The van der Waals surface area contributed by atoms with E-state index < -0.39 is 0 Å². The van der Waals surface area contributed by atoms with Crippen LogP contribution >= 0.6 is 0 Å². The minimum atomic E-state index is 0.453. The molecule has 1 aliphatic heterocycles. The number of hydrogen-bond donors (Lipinski definition) is 1. The molecule has 0 aromatic carbocycles. The molecule has 118 valence electrons. The van der Waals surface area contributed by atoms with Crippen LogP contribution in [0.4, 0.5) is 0 Å². The van der Waals surface area contributed by atoms with Gasteiger partial charge < -0.3 is 9.84 Å². The van der Waals surface area contributed by atoms with E-state index in [-0.39, 0.29) is 0 Å². The van der Waals surface area contributed by atoms with Gasteiger partial charge in [-0.25, -0.2) is 0 Å². The predicted octanol–water partition coefficient (Wildman–Crippen LogP) is 3.85. The lowest BCUT2D eigenvalue weighted by Crippen LogP contribution is -2.35. The van der Waals surface area contributed by atoms with Crippen molar-refractivity contribution in [2.45, 2.75) is 77.2 Å². The lowest BCUT2D eigenvalue weighted by Gasteiger charge is -2.29. The van der Waals surface area contributed by atoms with E-state index in [2.05, 4.69) is 31.2 Å². The summed E-state index contributed by atoms with van der Waals surface area (Å²) in [5, 5.41) is 7.78. The Morgan fingerprint density at radius 3 is 2.52 bits per heavy atom. The Labute approximate surface area is 128 Å². The fourth-order valence-corrected chi connectivity index (χ4v) is 3.98. The summed E-state index contributed by atoms with van der Waals surface area (Å²) in [6.45, 7) is 7.98. The van der Waals surface area contributed by atoms with Gasteiger partial charge >= 0.3 is 0 Å². The summed E-state index contributed by atoms with van der Waals surface area (Å²) in [4.78, 5) is 4.76. The summed E-state index contributed by atoms with van der Waals surface area (Å²) >= 11 is 0. The average molecular weight is 291 g/mol. The van der Waals surface area contributed by atoms with Crippen molar-refractivity contribution < 1.29 is 4.52 Å². The molecule has 1 N–H and O–H groups in total. The van der Waals surface area contributed by atoms with Crippen molar-refractivity contribution in [2.75, 3.05) is 6.54 Å². The van der Waals surface area contributed by atoms with Gasteiger partial charge in [-0.3, -0.25) is 0 Å². The van der Waals surface area contributed by atoms with Crippen LogP contribution in [0.1, 0.15) is 82.8 Å². The van der Waals surface area contributed by atoms with Crippen molar-refractivity contribution in [3.8, 4) is 0 Å². The first-order valence-electron chi connectivity index (χ1n) is 8.70. The summed E-state index contributed by atoms with van der Waals surface area (Å²) in [7, 11) is 0. The van der Waals surface area contributed by atoms with E-state index in [0.29, 0.717) is 17.9 Å².